The highest BCUT2D eigenvalue weighted by molar-refractivity contribution is 7.99. The molecule has 0 atom stereocenters. The van der Waals surface area contributed by atoms with E-state index in [1.807, 2.05) is 42.5 Å². The van der Waals surface area contributed by atoms with Crippen LogP contribution in [0, 0.1) is 0 Å². The first kappa shape index (κ1) is 18.1. The maximum atomic E-state index is 11.9. The van der Waals surface area contributed by atoms with Crippen LogP contribution in [0.2, 0.25) is 0 Å². The highest BCUT2D eigenvalue weighted by atomic mass is 32.2. The second-order valence-electron chi connectivity index (χ2n) is 5.17. The Morgan fingerprint density at radius 3 is 2.50 bits per heavy atom. The van der Waals surface area contributed by atoms with Crippen LogP contribution in [0.5, 0.6) is 0 Å². The van der Waals surface area contributed by atoms with Gasteiger partial charge in [-0.1, -0.05) is 42.5 Å². The lowest BCUT2D eigenvalue weighted by atomic mass is 10.1. The summed E-state index contributed by atoms with van der Waals surface area (Å²) in [6.45, 7) is 0.631. The summed E-state index contributed by atoms with van der Waals surface area (Å²) in [7, 11) is 1.37. The third-order valence-electron chi connectivity index (χ3n) is 3.46. The topological polar surface area (TPSA) is 55.4 Å². The highest BCUT2D eigenvalue weighted by Gasteiger charge is 2.11. The molecule has 0 aromatic heterocycles. The number of carbonyl (C=O) groups is 2. The number of thioether (sulfide) groups is 1. The van der Waals surface area contributed by atoms with Gasteiger partial charge >= 0.3 is 5.97 Å². The van der Waals surface area contributed by atoms with Crippen LogP contribution in [-0.2, 0) is 16.0 Å². The second kappa shape index (κ2) is 9.78. The number of benzene rings is 2. The van der Waals surface area contributed by atoms with Crippen molar-refractivity contribution in [2.45, 2.75) is 17.7 Å². The Balaban J connectivity index is 1.72. The number of nitrogens with one attached hydrogen (secondary N) is 1. The molecular formula is C19H21NO3S. The summed E-state index contributed by atoms with van der Waals surface area (Å²) in [5, 5.41) is 2.92. The molecule has 0 aliphatic rings. The van der Waals surface area contributed by atoms with Gasteiger partial charge in [0.15, 0.2) is 0 Å². The monoisotopic (exact) mass is 343 g/mol. The maximum Gasteiger partial charge on any atom is 0.338 e. The Morgan fingerprint density at radius 2 is 1.75 bits per heavy atom. The first-order chi connectivity index (χ1) is 11.7. The predicted molar refractivity (Wildman–Crippen MR) is 96.3 cm³/mol. The number of hydrogen-bond acceptors (Lipinski definition) is 4. The molecule has 2 aromatic rings. The molecule has 0 aliphatic carbocycles. The minimum Gasteiger partial charge on any atom is -0.465 e. The molecule has 5 heteroatoms. The molecule has 0 spiro atoms. The average Bonchev–Trinajstić information content (AvgIpc) is 2.62. The van der Waals surface area contributed by atoms with E-state index in [4.69, 9.17) is 4.74 Å². The van der Waals surface area contributed by atoms with Gasteiger partial charge in [0, 0.05) is 23.6 Å². The predicted octanol–water partition coefficient (Wildman–Crippen LogP) is 3.31. The van der Waals surface area contributed by atoms with E-state index in [1.54, 1.807) is 12.1 Å². The van der Waals surface area contributed by atoms with Crippen molar-refractivity contribution in [1.82, 2.24) is 5.32 Å². The largest absolute Gasteiger partial charge is 0.465 e. The number of amides is 1. The van der Waals surface area contributed by atoms with E-state index < -0.39 is 0 Å². The molecule has 1 amide bonds. The van der Waals surface area contributed by atoms with Crippen molar-refractivity contribution in [2.24, 2.45) is 0 Å². The van der Waals surface area contributed by atoms with Gasteiger partial charge in [-0.3, -0.25) is 4.79 Å². The molecule has 0 heterocycles. The summed E-state index contributed by atoms with van der Waals surface area (Å²) < 4.78 is 4.77. The lowest BCUT2D eigenvalue weighted by molar-refractivity contribution is -0.120. The van der Waals surface area contributed by atoms with Gasteiger partial charge in [0.05, 0.1) is 12.7 Å². The zero-order chi connectivity index (χ0) is 17.2. The third kappa shape index (κ3) is 5.74. The van der Waals surface area contributed by atoms with Crippen molar-refractivity contribution in [3.05, 3.63) is 65.7 Å². The zero-order valence-corrected chi connectivity index (χ0v) is 14.5. The molecule has 24 heavy (non-hydrogen) atoms. The molecule has 2 rings (SSSR count). The Hall–Kier alpha value is -2.27. The lowest BCUT2D eigenvalue weighted by Gasteiger charge is -2.08. The minimum atomic E-state index is -0.356. The zero-order valence-electron chi connectivity index (χ0n) is 13.7. The fourth-order valence-corrected chi connectivity index (χ4v) is 3.19. The van der Waals surface area contributed by atoms with Gasteiger partial charge in [-0.15, -0.1) is 11.8 Å². The van der Waals surface area contributed by atoms with Crippen LogP contribution in [0.1, 0.15) is 22.3 Å². The second-order valence-corrected chi connectivity index (χ2v) is 6.31. The van der Waals surface area contributed by atoms with Gasteiger partial charge in [0.25, 0.3) is 0 Å². The molecule has 0 radical (unpaired) electrons. The minimum absolute atomic E-state index is 0.0222. The van der Waals surface area contributed by atoms with Crippen molar-refractivity contribution in [3.8, 4) is 0 Å². The highest BCUT2D eigenvalue weighted by Crippen LogP contribution is 2.23. The molecular weight excluding hydrogens is 322 g/mol. The van der Waals surface area contributed by atoms with Crippen LogP contribution in [0.4, 0.5) is 0 Å². The SMILES string of the molecule is COC(=O)c1ccccc1SCCC(=O)NCCc1ccccc1. The van der Waals surface area contributed by atoms with Crippen molar-refractivity contribution in [2.75, 3.05) is 19.4 Å². The lowest BCUT2D eigenvalue weighted by Crippen LogP contribution is -2.25. The Kier molecular flexibility index (Phi) is 7.36. The Bertz CT molecular complexity index is 673. The molecule has 0 saturated heterocycles. The van der Waals surface area contributed by atoms with Gasteiger partial charge in [-0.05, 0) is 24.1 Å². The number of esters is 1. The van der Waals surface area contributed by atoms with Crippen LogP contribution in [0.15, 0.2) is 59.5 Å². The van der Waals surface area contributed by atoms with E-state index in [2.05, 4.69) is 5.32 Å². The number of rotatable bonds is 8. The van der Waals surface area contributed by atoms with Crippen LogP contribution in [0.25, 0.3) is 0 Å². The quantitative estimate of drug-likeness (QED) is 0.590. The fourth-order valence-electron chi connectivity index (χ4n) is 2.20. The molecule has 0 bridgehead atoms. The number of hydrogen-bond donors (Lipinski definition) is 1. The maximum absolute atomic E-state index is 11.9. The van der Waals surface area contributed by atoms with Crippen molar-refractivity contribution < 1.29 is 14.3 Å². The summed E-state index contributed by atoms with van der Waals surface area (Å²) in [6.07, 6.45) is 1.24. The standard InChI is InChI=1S/C19H21NO3S/c1-23-19(22)16-9-5-6-10-17(16)24-14-12-18(21)20-13-11-15-7-3-2-4-8-15/h2-10H,11-14H2,1H3,(H,20,21). The summed E-state index contributed by atoms with van der Waals surface area (Å²) in [4.78, 5) is 24.4. The van der Waals surface area contributed by atoms with E-state index in [9.17, 15) is 9.59 Å². The van der Waals surface area contributed by atoms with Gasteiger partial charge < -0.3 is 10.1 Å². The molecule has 0 aliphatic heterocycles. The first-order valence-electron chi connectivity index (χ1n) is 7.81. The fraction of sp³-hybridized carbons (Fsp3) is 0.263. The van der Waals surface area contributed by atoms with Gasteiger partial charge in [0.1, 0.15) is 0 Å². The first-order valence-corrected chi connectivity index (χ1v) is 8.80. The molecule has 1 N–H and O–H groups in total. The average molecular weight is 343 g/mol. The van der Waals surface area contributed by atoms with Gasteiger partial charge in [-0.25, -0.2) is 4.79 Å². The summed E-state index contributed by atoms with van der Waals surface area (Å²) >= 11 is 1.49. The summed E-state index contributed by atoms with van der Waals surface area (Å²) in [5.74, 6) is 0.282. The van der Waals surface area contributed by atoms with E-state index in [0.717, 1.165) is 11.3 Å². The van der Waals surface area contributed by atoms with Crippen LogP contribution in [0.3, 0.4) is 0 Å². The van der Waals surface area contributed by atoms with Gasteiger partial charge in [-0.2, -0.15) is 0 Å². The molecule has 4 nitrogen and oxygen atoms in total. The normalized spacial score (nSPS) is 10.2. The third-order valence-corrected chi connectivity index (χ3v) is 4.53. The smallest absolute Gasteiger partial charge is 0.338 e. The molecule has 0 unspecified atom stereocenters. The van der Waals surface area contributed by atoms with Crippen molar-refractivity contribution in [1.29, 1.82) is 0 Å². The van der Waals surface area contributed by atoms with E-state index in [-0.39, 0.29) is 11.9 Å². The number of methoxy groups -OCH3 is 1. The summed E-state index contributed by atoms with van der Waals surface area (Å²) in [5.41, 5.74) is 1.74. The molecule has 126 valence electrons. The Labute approximate surface area is 146 Å². The van der Waals surface area contributed by atoms with Crippen LogP contribution < -0.4 is 5.32 Å². The van der Waals surface area contributed by atoms with E-state index >= 15 is 0 Å². The van der Waals surface area contributed by atoms with Crippen LogP contribution >= 0.6 is 11.8 Å². The van der Waals surface area contributed by atoms with Crippen molar-refractivity contribution in [3.63, 3.8) is 0 Å². The summed E-state index contributed by atoms with van der Waals surface area (Å²) in [6, 6.07) is 17.3. The molecule has 2 aromatic carbocycles. The van der Waals surface area contributed by atoms with Crippen LogP contribution in [-0.4, -0.2) is 31.3 Å². The van der Waals surface area contributed by atoms with E-state index in [0.29, 0.717) is 24.3 Å². The van der Waals surface area contributed by atoms with E-state index in [1.165, 1.54) is 24.4 Å². The number of carbonyl (C=O) groups excluding carboxylic acids is 2. The van der Waals surface area contributed by atoms with Gasteiger partial charge in [0.2, 0.25) is 5.91 Å². The Morgan fingerprint density at radius 1 is 1.04 bits per heavy atom. The molecule has 0 fully saturated rings. The van der Waals surface area contributed by atoms with Crippen molar-refractivity contribution >= 4 is 23.6 Å². The number of ether oxygens (including phenoxy) is 1. The molecule has 0 saturated carbocycles.